The molecule has 5 heteroatoms. The molecule has 3 atom stereocenters. The molecule has 0 saturated carbocycles. The topological polar surface area (TPSA) is 59.0 Å². The fourth-order valence-corrected chi connectivity index (χ4v) is 3.68. The van der Waals surface area contributed by atoms with Crippen LogP contribution in [0.5, 0.6) is 0 Å². The quantitative estimate of drug-likeness (QED) is 0.906. The van der Waals surface area contributed by atoms with Gasteiger partial charge in [0.2, 0.25) is 5.91 Å². The second kappa shape index (κ2) is 6.93. The van der Waals surface area contributed by atoms with Crippen LogP contribution in [0.3, 0.4) is 0 Å². The van der Waals surface area contributed by atoms with Crippen molar-refractivity contribution in [3.63, 3.8) is 0 Å². The molecular formula is C19H28N4O. The van der Waals surface area contributed by atoms with E-state index in [2.05, 4.69) is 42.0 Å². The summed E-state index contributed by atoms with van der Waals surface area (Å²) >= 11 is 0. The van der Waals surface area contributed by atoms with Crippen LogP contribution in [0.1, 0.15) is 58.4 Å². The maximum absolute atomic E-state index is 12.6. The first-order valence-corrected chi connectivity index (χ1v) is 8.98. The molecule has 24 heavy (non-hydrogen) atoms. The van der Waals surface area contributed by atoms with Crippen molar-refractivity contribution < 1.29 is 4.79 Å². The van der Waals surface area contributed by atoms with Gasteiger partial charge in [-0.05, 0) is 59.2 Å². The molecule has 1 saturated heterocycles. The first kappa shape index (κ1) is 17.0. The van der Waals surface area contributed by atoms with Gasteiger partial charge in [-0.25, -0.2) is 4.98 Å². The second-order valence-electron chi connectivity index (χ2n) is 7.23. The number of piperidine rings is 1. The van der Waals surface area contributed by atoms with Crippen molar-refractivity contribution in [2.24, 2.45) is 5.92 Å². The smallest absolute Gasteiger partial charge is 0.223 e. The number of nitrogens with zero attached hydrogens (tertiary/aromatic N) is 2. The molecule has 1 fully saturated rings. The van der Waals surface area contributed by atoms with Crippen molar-refractivity contribution in [3.05, 3.63) is 30.1 Å². The molecule has 130 valence electrons. The molecule has 1 aromatic heterocycles. The van der Waals surface area contributed by atoms with Crippen molar-refractivity contribution in [1.82, 2.24) is 20.2 Å². The highest BCUT2D eigenvalue weighted by molar-refractivity contribution is 5.80. The molecule has 0 bridgehead atoms. The van der Waals surface area contributed by atoms with Crippen LogP contribution in [-0.2, 0) is 4.79 Å². The Kier molecular flexibility index (Phi) is 4.90. The van der Waals surface area contributed by atoms with Crippen LogP contribution in [0, 0.1) is 5.92 Å². The summed E-state index contributed by atoms with van der Waals surface area (Å²) in [7, 11) is 0. The summed E-state index contributed by atoms with van der Waals surface area (Å²) in [6.45, 7) is 9.39. The average molecular weight is 328 g/mol. The zero-order valence-corrected chi connectivity index (χ0v) is 15.0. The van der Waals surface area contributed by atoms with Gasteiger partial charge in [0.05, 0.1) is 17.1 Å². The van der Waals surface area contributed by atoms with Crippen LogP contribution in [0.2, 0.25) is 0 Å². The number of carbonyl (C=O) groups excluding carboxylic acids is 1. The molecule has 5 nitrogen and oxygen atoms in total. The Morgan fingerprint density at radius 1 is 1.33 bits per heavy atom. The third kappa shape index (κ3) is 3.31. The van der Waals surface area contributed by atoms with Gasteiger partial charge in [-0.2, -0.15) is 0 Å². The van der Waals surface area contributed by atoms with Crippen molar-refractivity contribution in [2.45, 2.75) is 58.7 Å². The Morgan fingerprint density at radius 2 is 2.08 bits per heavy atom. The van der Waals surface area contributed by atoms with Crippen LogP contribution in [0.4, 0.5) is 0 Å². The number of hydrogen-bond donors (Lipinski definition) is 2. The van der Waals surface area contributed by atoms with E-state index in [1.54, 1.807) is 0 Å². The molecular weight excluding hydrogens is 300 g/mol. The molecule has 1 aliphatic heterocycles. The van der Waals surface area contributed by atoms with E-state index in [0.717, 1.165) is 36.2 Å². The van der Waals surface area contributed by atoms with Crippen molar-refractivity contribution >= 4 is 16.9 Å². The molecule has 1 amide bonds. The highest BCUT2D eigenvalue weighted by atomic mass is 16.2. The Hall–Kier alpha value is -1.88. The van der Waals surface area contributed by atoms with Gasteiger partial charge in [0.1, 0.15) is 5.82 Å². The van der Waals surface area contributed by atoms with Gasteiger partial charge < -0.3 is 15.2 Å². The number of hydrogen-bond acceptors (Lipinski definition) is 3. The van der Waals surface area contributed by atoms with Gasteiger partial charge in [0, 0.05) is 18.0 Å². The van der Waals surface area contributed by atoms with Gasteiger partial charge in [-0.3, -0.25) is 4.79 Å². The van der Waals surface area contributed by atoms with E-state index in [1.165, 1.54) is 0 Å². The minimum atomic E-state index is -0.0995. The molecule has 2 heterocycles. The first-order chi connectivity index (χ1) is 11.5. The third-order valence-electron chi connectivity index (χ3n) is 4.88. The molecule has 3 rings (SSSR count). The molecule has 0 spiro atoms. The lowest BCUT2D eigenvalue weighted by Gasteiger charge is -2.28. The zero-order chi connectivity index (χ0) is 17.3. The Bertz CT molecular complexity index is 721. The minimum absolute atomic E-state index is 0.0978. The lowest BCUT2D eigenvalue weighted by Crippen LogP contribution is -2.43. The summed E-state index contributed by atoms with van der Waals surface area (Å²) in [5.74, 6) is 1.18. The number of imidazole rings is 1. The van der Waals surface area contributed by atoms with Crippen molar-refractivity contribution in [3.8, 4) is 0 Å². The van der Waals surface area contributed by atoms with E-state index in [0.29, 0.717) is 12.1 Å². The van der Waals surface area contributed by atoms with E-state index in [4.69, 9.17) is 4.98 Å². The number of carbonyl (C=O) groups is 1. The predicted molar refractivity (Wildman–Crippen MR) is 96.9 cm³/mol. The summed E-state index contributed by atoms with van der Waals surface area (Å²) in [4.78, 5) is 17.4. The number of benzene rings is 1. The van der Waals surface area contributed by atoms with E-state index < -0.39 is 0 Å². The minimum Gasteiger partial charge on any atom is -0.346 e. The predicted octanol–water partition coefficient (Wildman–Crippen LogP) is 3.18. The highest BCUT2D eigenvalue weighted by Gasteiger charge is 2.27. The van der Waals surface area contributed by atoms with Crippen LogP contribution >= 0.6 is 0 Å². The van der Waals surface area contributed by atoms with Gasteiger partial charge in [0.15, 0.2) is 0 Å². The van der Waals surface area contributed by atoms with Gasteiger partial charge in [-0.15, -0.1) is 0 Å². The first-order valence-electron chi connectivity index (χ1n) is 8.98. The second-order valence-corrected chi connectivity index (χ2v) is 7.23. The normalized spacial score (nSPS) is 22.7. The Morgan fingerprint density at radius 3 is 2.79 bits per heavy atom. The van der Waals surface area contributed by atoms with Gasteiger partial charge in [-0.1, -0.05) is 12.1 Å². The Balaban J connectivity index is 1.82. The lowest BCUT2D eigenvalue weighted by atomic mass is 9.92. The molecule has 2 N–H and O–H groups in total. The van der Waals surface area contributed by atoms with Crippen LogP contribution in [0.25, 0.3) is 11.0 Å². The standard InChI is InChI=1S/C19H28N4O/c1-12(2)23-17-8-6-5-7-16(17)22-18(23)14(4)21-19(24)15-9-10-20-13(3)11-15/h5-8,12-15,20H,9-11H2,1-4H3,(H,21,24)/t13-,14?,15-/m0/s1. The number of nitrogens with one attached hydrogen (secondary N) is 2. The average Bonchev–Trinajstić information content (AvgIpc) is 2.94. The van der Waals surface area contributed by atoms with E-state index >= 15 is 0 Å². The van der Waals surface area contributed by atoms with E-state index in [1.807, 2.05) is 25.1 Å². The third-order valence-corrected chi connectivity index (χ3v) is 4.88. The molecule has 0 radical (unpaired) electrons. The summed E-state index contributed by atoms with van der Waals surface area (Å²) in [6, 6.07) is 8.76. The Labute approximate surface area is 143 Å². The van der Waals surface area contributed by atoms with Crippen LogP contribution in [-0.4, -0.2) is 28.0 Å². The summed E-state index contributed by atoms with van der Waals surface area (Å²) in [5, 5.41) is 6.59. The number of rotatable bonds is 4. The summed E-state index contributed by atoms with van der Waals surface area (Å²) < 4.78 is 2.23. The summed E-state index contributed by atoms with van der Waals surface area (Å²) in [5.41, 5.74) is 2.11. The molecule has 1 aliphatic rings. The zero-order valence-electron chi connectivity index (χ0n) is 15.0. The molecule has 0 aliphatic carbocycles. The lowest BCUT2D eigenvalue weighted by molar-refractivity contribution is -0.126. The molecule has 2 aromatic rings. The fraction of sp³-hybridized carbons (Fsp3) is 0.579. The molecule has 1 unspecified atom stereocenters. The van der Waals surface area contributed by atoms with Gasteiger partial charge >= 0.3 is 0 Å². The fourth-order valence-electron chi connectivity index (χ4n) is 3.68. The number of aromatic nitrogens is 2. The van der Waals surface area contributed by atoms with Crippen LogP contribution < -0.4 is 10.6 Å². The van der Waals surface area contributed by atoms with Gasteiger partial charge in [0.25, 0.3) is 0 Å². The van der Waals surface area contributed by atoms with Crippen LogP contribution in [0.15, 0.2) is 24.3 Å². The largest absolute Gasteiger partial charge is 0.346 e. The molecule has 1 aromatic carbocycles. The van der Waals surface area contributed by atoms with Crippen molar-refractivity contribution in [2.75, 3.05) is 6.54 Å². The maximum atomic E-state index is 12.6. The van der Waals surface area contributed by atoms with E-state index in [9.17, 15) is 4.79 Å². The monoisotopic (exact) mass is 328 g/mol. The van der Waals surface area contributed by atoms with E-state index in [-0.39, 0.29) is 17.9 Å². The highest BCUT2D eigenvalue weighted by Crippen LogP contribution is 2.25. The maximum Gasteiger partial charge on any atom is 0.223 e. The SMILES string of the molecule is CC(NC(=O)[C@H]1CCN[C@@H](C)C1)c1nc2ccccc2n1C(C)C. The van der Waals surface area contributed by atoms with Crippen molar-refractivity contribution in [1.29, 1.82) is 0 Å². The summed E-state index contributed by atoms with van der Waals surface area (Å²) in [6.07, 6.45) is 1.81. The number of fused-ring (bicyclic) bond motifs is 1. The number of para-hydroxylation sites is 2. The number of amides is 1.